The lowest BCUT2D eigenvalue weighted by molar-refractivity contribution is -0.135. The summed E-state index contributed by atoms with van der Waals surface area (Å²) >= 11 is 0. The summed E-state index contributed by atoms with van der Waals surface area (Å²) in [6.45, 7) is 11.1. The molecule has 0 radical (unpaired) electrons. The lowest BCUT2D eigenvalue weighted by Crippen LogP contribution is -2.51. The maximum absolute atomic E-state index is 13.7. The Hall–Kier alpha value is -5.59. The maximum Gasteiger partial charge on any atom is 0.410 e. The highest BCUT2D eigenvalue weighted by atomic mass is 16.6. The Morgan fingerprint density at radius 1 is 0.944 bits per heavy atom. The van der Waals surface area contributed by atoms with E-state index in [1.807, 2.05) is 51.8 Å². The molecule has 0 aliphatic carbocycles. The third kappa shape index (κ3) is 6.49. The third-order valence-electron chi connectivity index (χ3n) is 10.7. The van der Waals surface area contributed by atoms with E-state index in [0.717, 1.165) is 92.8 Å². The van der Waals surface area contributed by atoms with Crippen LogP contribution in [-0.2, 0) is 20.9 Å². The Bertz CT molecular complexity index is 2270. The van der Waals surface area contributed by atoms with Crippen LogP contribution in [-0.4, -0.2) is 79.7 Å². The number of carbonyl (C=O) groups is 3. The first-order valence-corrected chi connectivity index (χ1v) is 18.8. The van der Waals surface area contributed by atoms with E-state index in [9.17, 15) is 14.4 Å². The van der Waals surface area contributed by atoms with Crippen molar-refractivity contribution in [3.05, 3.63) is 65.9 Å². The minimum atomic E-state index is -0.698. The molecular formula is C41H47N7O6. The third-order valence-corrected chi connectivity index (χ3v) is 10.7. The van der Waals surface area contributed by atoms with E-state index >= 15 is 0 Å². The molecule has 2 saturated heterocycles. The molecular weight excluding hydrogens is 686 g/mol. The number of alkyl carbamates (subject to hydrolysis) is 1. The van der Waals surface area contributed by atoms with Crippen molar-refractivity contribution < 1.29 is 28.6 Å². The molecule has 0 spiro atoms. The largest absolute Gasteiger partial charge is 0.488 e. The molecule has 0 saturated carbocycles. The van der Waals surface area contributed by atoms with E-state index in [1.165, 1.54) is 7.11 Å². The molecule has 5 heterocycles. The molecule has 13 nitrogen and oxygen atoms in total. The number of methoxy groups -OCH3 is 1. The standard InChI is InChI=1S/C41H47N7O6/c1-22(2)34(46-39(50)52-6)38(49)47-15-7-10-32(47)37-43-29-14-12-23-18-28-26-13-11-24(17-25(26)21-53-33(28)19-27(23)35(29)45-37)30-20-42-36(44-30)31-9-8-16-48(31)40(51)54-41(3,4)5/h11-14,17-20,22,31-32,34H,7-10,15-16,21H2,1-6H3,(H,42,44)(H,43,45)(H,46,50). The van der Waals surface area contributed by atoms with Gasteiger partial charge < -0.3 is 34.4 Å². The van der Waals surface area contributed by atoms with Crippen molar-refractivity contribution in [2.75, 3.05) is 20.2 Å². The number of nitrogens with one attached hydrogen (secondary N) is 3. The molecule has 3 aliphatic rings. The number of imidazole rings is 2. The van der Waals surface area contributed by atoms with Crippen LogP contribution >= 0.6 is 0 Å². The number of aromatic amines is 2. The van der Waals surface area contributed by atoms with Crippen LogP contribution in [0.1, 0.15) is 89.6 Å². The summed E-state index contributed by atoms with van der Waals surface area (Å²) in [6, 6.07) is 13.6. The molecule has 3 unspecified atom stereocenters. The Balaban J connectivity index is 1.05. The van der Waals surface area contributed by atoms with Crippen LogP contribution in [0.3, 0.4) is 0 Å². The van der Waals surface area contributed by atoms with Crippen molar-refractivity contribution in [1.82, 2.24) is 35.1 Å². The fourth-order valence-electron chi connectivity index (χ4n) is 8.07. The van der Waals surface area contributed by atoms with Crippen LogP contribution in [0, 0.1) is 5.92 Å². The lowest BCUT2D eigenvalue weighted by Gasteiger charge is -2.29. The summed E-state index contributed by atoms with van der Waals surface area (Å²) in [6.07, 6.45) is 4.24. The predicted molar refractivity (Wildman–Crippen MR) is 204 cm³/mol. The van der Waals surface area contributed by atoms with E-state index in [0.29, 0.717) is 19.7 Å². The first-order valence-electron chi connectivity index (χ1n) is 18.8. The Labute approximate surface area is 313 Å². The topological polar surface area (TPSA) is 155 Å². The molecule has 282 valence electrons. The molecule has 3 N–H and O–H groups in total. The van der Waals surface area contributed by atoms with Crippen LogP contribution < -0.4 is 10.1 Å². The van der Waals surface area contributed by atoms with E-state index < -0.39 is 17.7 Å². The number of amides is 3. The first kappa shape index (κ1) is 35.4. The number of aromatic nitrogens is 4. The fourth-order valence-corrected chi connectivity index (χ4v) is 8.07. The number of hydrogen-bond acceptors (Lipinski definition) is 8. The predicted octanol–water partition coefficient (Wildman–Crippen LogP) is 7.78. The average molecular weight is 734 g/mol. The molecule has 8 rings (SSSR count). The maximum atomic E-state index is 13.7. The molecule has 2 fully saturated rings. The summed E-state index contributed by atoms with van der Waals surface area (Å²) in [5.41, 5.74) is 6.22. The van der Waals surface area contributed by atoms with Gasteiger partial charge in [0.15, 0.2) is 0 Å². The Morgan fingerprint density at radius 2 is 1.70 bits per heavy atom. The highest BCUT2D eigenvalue weighted by Crippen LogP contribution is 2.43. The van der Waals surface area contributed by atoms with Crippen LogP contribution in [0.5, 0.6) is 5.75 Å². The summed E-state index contributed by atoms with van der Waals surface area (Å²) < 4.78 is 16.8. The van der Waals surface area contributed by atoms with Crippen molar-refractivity contribution in [1.29, 1.82) is 0 Å². The van der Waals surface area contributed by atoms with Gasteiger partial charge in [0.1, 0.15) is 35.6 Å². The van der Waals surface area contributed by atoms with Crippen LogP contribution in [0.15, 0.2) is 48.7 Å². The molecule has 3 atom stereocenters. The van der Waals surface area contributed by atoms with Gasteiger partial charge in [-0.3, -0.25) is 9.69 Å². The van der Waals surface area contributed by atoms with Crippen LogP contribution in [0.25, 0.3) is 44.2 Å². The number of fused-ring (bicyclic) bond motifs is 6. The van der Waals surface area contributed by atoms with Crippen LogP contribution in [0.4, 0.5) is 9.59 Å². The minimum absolute atomic E-state index is 0.112. The van der Waals surface area contributed by atoms with Crippen molar-refractivity contribution in [3.8, 4) is 28.1 Å². The first-order chi connectivity index (χ1) is 25.9. The molecule has 0 bridgehead atoms. The summed E-state index contributed by atoms with van der Waals surface area (Å²) in [7, 11) is 1.30. The van der Waals surface area contributed by atoms with E-state index in [-0.39, 0.29) is 30.0 Å². The number of likely N-dealkylation sites (tertiary alicyclic amines) is 2. The van der Waals surface area contributed by atoms with Crippen molar-refractivity contribution >= 4 is 39.9 Å². The highest BCUT2D eigenvalue weighted by Gasteiger charge is 2.38. The van der Waals surface area contributed by atoms with Gasteiger partial charge in [0.05, 0.1) is 42.1 Å². The summed E-state index contributed by atoms with van der Waals surface area (Å²) in [5, 5.41) is 4.72. The quantitative estimate of drug-likeness (QED) is 0.160. The number of hydrogen-bond donors (Lipinski definition) is 3. The molecule has 3 aliphatic heterocycles. The van der Waals surface area contributed by atoms with Gasteiger partial charge in [-0.25, -0.2) is 19.6 Å². The lowest BCUT2D eigenvalue weighted by atomic mass is 9.92. The van der Waals surface area contributed by atoms with Gasteiger partial charge in [-0.2, -0.15) is 0 Å². The molecule has 5 aromatic rings. The zero-order valence-corrected chi connectivity index (χ0v) is 31.6. The number of nitrogens with zero attached hydrogens (tertiary/aromatic N) is 4. The van der Waals surface area contributed by atoms with E-state index in [4.69, 9.17) is 24.2 Å². The van der Waals surface area contributed by atoms with Crippen molar-refractivity contribution in [3.63, 3.8) is 0 Å². The molecule has 13 heteroatoms. The smallest absolute Gasteiger partial charge is 0.410 e. The zero-order chi connectivity index (χ0) is 37.9. The van der Waals surface area contributed by atoms with Gasteiger partial charge in [-0.05, 0) is 98.7 Å². The van der Waals surface area contributed by atoms with Gasteiger partial charge in [0.25, 0.3) is 0 Å². The number of ether oxygens (including phenoxy) is 3. The van der Waals surface area contributed by atoms with Crippen LogP contribution in [0.2, 0.25) is 0 Å². The second kappa shape index (κ2) is 13.7. The second-order valence-electron chi connectivity index (χ2n) is 15.9. The molecule has 3 amide bonds. The number of rotatable bonds is 6. The number of benzene rings is 3. The number of H-pyrrole nitrogens is 2. The van der Waals surface area contributed by atoms with Crippen molar-refractivity contribution in [2.45, 2.75) is 90.6 Å². The second-order valence-corrected chi connectivity index (χ2v) is 15.9. The van der Waals surface area contributed by atoms with Gasteiger partial charge >= 0.3 is 12.2 Å². The summed E-state index contributed by atoms with van der Waals surface area (Å²) in [5.74, 6) is 2.03. The van der Waals surface area contributed by atoms with Gasteiger partial charge in [-0.15, -0.1) is 0 Å². The van der Waals surface area contributed by atoms with E-state index in [1.54, 1.807) is 4.90 Å². The minimum Gasteiger partial charge on any atom is -0.488 e. The van der Waals surface area contributed by atoms with Gasteiger partial charge in [0, 0.05) is 24.0 Å². The van der Waals surface area contributed by atoms with E-state index in [2.05, 4.69) is 51.7 Å². The van der Waals surface area contributed by atoms with Gasteiger partial charge in [-0.1, -0.05) is 32.0 Å². The molecule has 54 heavy (non-hydrogen) atoms. The Morgan fingerprint density at radius 3 is 2.44 bits per heavy atom. The average Bonchev–Trinajstić information content (AvgIpc) is 3.97. The van der Waals surface area contributed by atoms with Gasteiger partial charge in [0.2, 0.25) is 5.91 Å². The normalized spacial score (nSPS) is 18.8. The molecule has 2 aromatic heterocycles. The fraction of sp³-hybridized carbons (Fsp3) is 0.439. The Kier molecular flexibility index (Phi) is 8.98. The monoisotopic (exact) mass is 733 g/mol. The zero-order valence-electron chi connectivity index (χ0n) is 31.6. The summed E-state index contributed by atoms with van der Waals surface area (Å²) in [4.78, 5) is 59.0. The van der Waals surface area contributed by atoms with Crippen molar-refractivity contribution in [2.24, 2.45) is 5.92 Å². The molecule has 3 aromatic carbocycles. The number of carbonyl (C=O) groups excluding carboxylic acids is 3. The highest BCUT2D eigenvalue weighted by molar-refractivity contribution is 6.07. The SMILES string of the molecule is COC(=O)NC(C(=O)N1CCCC1c1nc2c(ccc3cc4c(cc32)OCc2cc(-c3cnc(C5CCCN5C(=O)OC(C)(C)C)[nH]3)ccc2-4)[nH]1)C(C)C.